The van der Waals surface area contributed by atoms with E-state index in [1.165, 1.54) is 0 Å². The number of aryl methyl sites for hydroxylation is 1. The van der Waals surface area contributed by atoms with E-state index in [1.807, 2.05) is 35.9 Å². The van der Waals surface area contributed by atoms with Crippen LogP contribution in [-0.2, 0) is 0 Å². The molecule has 0 atom stereocenters. The van der Waals surface area contributed by atoms with Crippen molar-refractivity contribution in [1.29, 1.82) is 0 Å². The molecule has 2 rings (SSSR count). The van der Waals surface area contributed by atoms with Crippen molar-refractivity contribution in [3.05, 3.63) is 35.8 Å². The van der Waals surface area contributed by atoms with Gasteiger partial charge in [0.2, 0.25) is 0 Å². The average molecular weight is 302 g/mol. The minimum atomic E-state index is -0.0222. The summed E-state index contributed by atoms with van der Waals surface area (Å²) in [5.41, 5.74) is 2.43. The summed E-state index contributed by atoms with van der Waals surface area (Å²) in [5, 5.41) is 2.99. The number of amides is 1. The lowest BCUT2D eigenvalue weighted by Crippen LogP contribution is -2.27. The van der Waals surface area contributed by atoms with Crippen LogP contribution in [0.15, 0.2) is 24.5 Å². The second kappa shape index (κ2) is 7.94. The van der Waals surface area contributed by atoms with Crippen LogP contribution in [0.25, 0.3) is 5.65 Å². The highest BCUT2D eigenvalue weighted by molar-refractivity contribution is 5.94. The van der Waals surface area contributed by atoms with E-state index in [2.05, 4.69) is 29.0 Å². The van der Waals surface area contributed by atoms with Gasteiger partial charge in [0.05, 0.1) is 5.69 Å². The summed E-state index contributed by atoms with van der Waals surface area (Å²) in [6.07, 6.45) is 5.95. The van der Waals surface area contributed by atoms with Gasteiger partial charge in [-0.3, -0.25) is 4.79 Å². The molecule has 0 aliphatic heterocycles. The van der Waals surface area contributed by atoms with Gasteiger partial charge in [0.25, 0.3) is 5.91 Å². The monoisotopic (exact) mass is 302 g/mol. The lowest BCUT2D eigenvalue weighted by molar-refractivity contribution is 0.0952. The van der Waals surface area contributed by atoms with Gasteiger partial charge in [-0.2, -0.15) is 0 Å². The first kappa shape index (κ1) is 16.5. The van der Waals surface area contributed by atoms with Gasteiger partial charge in [0.15, 0.2) is 0 Å². The third kappa shape index (κ3) is 4.31. The summed E-state index contributed by atoms with van der Waals surface area (Å²) >= 11 is 0. The molecule has 5 nitrogen and oxygen atoms in total. The van der Waals surface area contributed by atoms with Gasteiger partial charge in [-0.15, -0.1) is 0 Å². The second-order valence-electron chi connectivity index (χ2n) is 5.55. The molecule has 120 valence electrons. The number of fused-ring (bicyclic) bond motifs is 1. The number of nitrogens with one attached hydrogen (secondary N) is 1. The molecule has 0 saturated heterocycles. The highest BCUT2D eigenvalue weighted by Crippen LogP contribution is 2.08. The van der Waals surface area contributed by atoms with Crippen LogP contribution in [-0.4, -0.2) is 46.4 Å². The zero-order valence-corrected chi connectivity index (χ0v) is 13.8. The molecule has 1 amide bonds. The molecule has 1 N–H and O–H groups in total. The van der Waals surface area contributed by atoms with Crippen LogP contribution in [0.5, 0.6) is 0 Å². The van der Waals surface area contributed by atoms with E-state index in [0.29, 0.717) is 5.56 Å². The minimum absolute atomic E-state index is 0.0222. The van der Waals surface area contributed by atoms with Crippen molar-refractivity contribution >= 4 is 11.6 Å². The molecule has 2 heterocycles. The first-order chi connectivity index (χ1) is 10.6. The molecule has 2 aromatic rings. The first-order valence-corrected chi connectivity index (χ1v) is 8.10. The third-order valence-electron chi connectivity index (χ3n) is 3.92. The molecule has 0 saturated carbocycles. The maximum atomic E-state index is 12.1. The maximum absolute atomic E-state index is 12.1. The Morgan fingerprint density at radius 2 is 2.09 bits per heavy atom. The van der Waals surface area contributed by atoms with Crippen molar-refractivity contribution in [3.8, 4) is 0 Å². The number of hydrogen-bond acceptors (Lipinski definition) is 3. The van der Waals surface area contributed by atoms with Gasteiger partial charge in [-0.05, 0) is 51.5 Å². The number of aromatic nitrogens is 2. The van der Waals surface area contributed by atoms with Crippen LogP contribution in [0.2, 0.25) is 0 Å². The van der Waals surface area contributed by atoms with E-state index in [9.17, 15) is 4.79 Å². The number of pyridine rings is 1. The highest BCUT2D eigenvalue weighted by Gasteiger charge is 2.07. The fraction of sp³-hybridized carbons (Fsp3) is 0.529. The van der Waals surface area contributed by atoms with Crippen molar-refractivity contribution < 1.29 is 4.79 Å². The van der Waals surface area contributed by atoms with Crippen molar-refractivity contribution in [1.82, 2.24) is 19.6 Å². The number of nitrogens with zero attached hydrogens (tertiary/aromatic N) is 3. The summed E-state index contributed by atoms with van der Waals surface area (Å²) in [6, 6.07) is 3.66. The number of unbranched alkanes of at least 4 members (excludes halogenated alkanes) is 1. The van der Waals surface area contributed by atoms with Crippen molar-refractivity contribution in [2.45, 2.75) is 33.6 Å². The van der Waals surface area contributed by atoms with Crippen molar-refractivity contribution in [3.63, 3.8) is 0 Å². The summed E-state index contributed by atoms with van der Waals surface area (Å²) in [6.45, 7) is 10.3. The van der Waals surface area contributed by atoms with E-state index in [-0.39, 0.29) is 5.91 Å². The van der Waals surface area contributed by atoms with Crippen LogP contribution >= 0.6 is 0 Å². The molecule has 0 aliphatic rings. The standard InChI is InChI=1S/C17H26N4O/c1-4-20(5-2)10-7-6-9-18-17(22)15-8-11-21-13-14(3)19-16(21)12-15/h8,11-13H,4-7,9-10H2,1-3H3,(H,18,22). The fourth-order valence-electron chi connectivity index (χ4n) is 2.55. The molecule has 0 unspecified atom stereocenters. The lowest BCUT2D eigenvalue weighted by Gasteiger charge is -2.17. The Labute approximate surface area is 132 Å². The molecule has 22 heavy (non-hydrogen) atoms. The molecule has 0 spiro atoms. The van der Waals surface area contributed by atoms with Gasteiger partial charge >= 0.3 is 0 Å². The van der Waals surface area contributed by atoms with Crippen LogP contribution in [0, 0.1) is 6.92 Å². The predicted molar refractivity (Wildman–Crippen MR) is 89.3 cm³/mol. The van der Waals surface area contributed by atoms with Crippen molar-refractivity contribution in [2.75, 3.05) is 26.2 Å². The Morgan fingerprint density at radius 1 is 1.32 bits per heavy atom. The minimum Gasteiger partial charge on any atom is -0.352 e. The second-order valence-corrected chi connectivity index (χ2v) is 5.55. The van der Waals surface area contributed by atoms with Crippen LogP contribution in [0.3, 0.4) is 0 Å². The Morgan fingerprint density at radius 3 is 2.82 bits per heavy atom. The summed E-state index contributed by atoms with van der Waals surface area (Å²) in [5.74, 6) is -0.0222. The Bertz CT molecular complexity index is 616. The van der Waals surface area contributed by atoms with E-state index in [1.54, 1.807) is 0 Å². The zero-order valence-electron chi connectivity index (χ0n) is 13.8. The Kier molecular flexibility index (Phi) is 5.95. The molecule has 0 aliphatic carbocycles. The summed E-state index contributed by atoms with van der Waals surface area (Å²) in [4.78, 5) is 18.9. The number of imidazole rings is 1. The van der Waals surface area contributed by atoms with Gasteiger partial charge in [-0.1, -0.05) is 13.8 Å². The smallest absolute Gasteiger partial charge is 0.251 e. The zero-order chi connectivity index (χ0) is 15.9. The third-order valence-corrected chi connectivity index (χ3v) is 3.92. The SMILES string of the molecule is CCN(CC)CCCCNC(=O)c1ccn2cc(C)nc2c1. The largest absolute Gasteiger partial charge is 0.352 e. The lowest BCUT2D eigenvalue weighted by atomic mass is 10.2. The predicted octanol–water partition coefficient (Wildman–Crippen LogP) is 2.49. The number of carbonyl (C=O) groups excluding carboxylic acids is 1. The van der Waals surface area contributed by atoms with E-state index in [0.717, 1.165) is 50.4 Å². The van der Waals surface area contributed by atoms with Gasteiger partial charge in [0, 0.05) is 24.5 Å². The van der Waals surface area contributed by atoms with Crippen LogP contribution in [0.4, 0.5) is 0 Å². The van der Waals surface area contributed by atoms with E-state index >= 15 is 0 Å². The molecule has 0 radical (unpaired) electrons. The number of rotatable bonds is 8. The molecule has 0 aromatic carbocycles. The fourth-order valence-corrected chi connectivity index (χ4v) is 2.55. The van der Waals surface area contributed by atoms with Gasteiger partial charge in [0.1, 0.15) is 5.65 Å². The van der Waals surface area contributed by atoms with Gasteiger partial charge < -0.3 is 14.6 Å². The highest BCUT2D eigenvalue weighted by atomic mass is 16.1. The molecule has 2 aromatic heterocycles. The normalized spacial score (nSPS) is 11.3. The number of hydrogen-bond donors (Lipinski definition) is 1. The topological polar surface area (TPSA) is 49.6 Å². The van der Waals surface area contributed by atoms with Crippen LogP contribution in [0.1, 0.15) is 42.7 Å². The Balaban J connectivity index is 1.78. The van der Waals surface area contributed by atoms with E-state index in [4.69, 9.17) is 0 Å². The average Bonchev–Trinajstić information content (AvgIpc) is 2.89. The van der Waals surface area contributed by atoms with E-state index < -0.39 is 0 Å². The summed E-state index contributed by atoms with van der Waals surface area (Å²) < 4.78 is 1.93. The maximum Gasteiger partial charge on any atom is 0.251 e. The number of carbonyl (C=O) groups is 1. The molecular formula is C17H26N4O. The Hall–Kier alpha value is -1.88. The summed E-state index contributed by atoms with van der Waals surface area (Å²) in [7, 11) is 0. The first-order valence-electron chi connectivity index (χ1n) is 8.10. The van der Waals surface area contributed by atoms with Crippen molar-refractivity contribution in [2.24, 2.45) is 0 Å². The quantitative estimate of drug-likeness (QED) is 0.762. The molecule has 5 heteroatoms. The van der Waals surface area contributed by atoms with Crippen LogP contribution < -0.4 is 5.32 Å². The van der Waals surface area contributed by atoms with Gasteiger partial charge in [-0.25, -0.2) is 4.98 Å². The molecule has 0 fully saturated rings. The molecular weight excluding hydrogens is 276 g/mol. The molecule has 0 bridgehead atoms.